The number of aryl methyl sites for hydroxylation is 1. The van der Waals surface area contributed by atoms with E-state index in [1.807, 2.05) is 0 Å². The number of aromatic nitrogens is 2. The summed E-state index contributed by atoms with van der Waals surface area (Å²) in [4.78, 5) is 30.1. The van der Waals surface area contributed by atoms with Crippen molar-refractivity contribution in [1.82, 2.24) is 14.9 Å². The molecular formula is C19H23N3O4S. The molecule has 1 aromatic carbocycles. The summed E-state index contributed by atoms with van der Waals surface area (Å²) in [6.45, 7) is 2.44. The van der Waals surface area contributed by atoms with Gasteiger partial charge in [-0.15, -0.1) is 0 Å². The topological polar surface area (TPSA) is 98.1 Å². The highest BCUT2D eigenvalue weighted by Crippen LogP contribution is 2.24. The Labute approximate surface area is 157 Å². The molecule has 0 aliphatic carbocycles. The van der Waals surface area contributed by atoms with E-state index in [1.54, 1.807) is 29.7 Å². The van der Waals surface area contributed by atoms with Crippen LogP contribution in [-0.4, -0.2) is 40.9 Å². The number of hydrogen-bond acceptors (Lipinski definition) is 5. The van der Waals surface area contributed by atoms with Gasteiger partial charge in [-0.3, -0.25) is 14.2 Å². The number of amides is 1. The van der Waals surface area contributed by atoms with Gasteiger partial charge in [-0.2, -0.15) is 0 Å². The van der Waals surface area contributed by atoms with Crippen LogP contribution in [0.25, 0.3) is 10.9 Å². The Bertz CT molecular complexity index is 1090. The van der Waals surface area contributed by atoms with E-state index in [-0.39, 0.29) is 23.0 Å². The summed E-state index contributed by atoms with van der Waals surface area (Å²) in [6, 6.07) is 4.88. The van der Waals surface area contributed by atoms with E-state index in [9.17, 15) is 18.0 Å². The number of benzene rings is 1. The minimum absolute atomic E-state index is 0.0492. The first-order chi connectivity index (χ1) is 12.8. The maximum atomic E-state index is 12.8. The number of nitrogens with one attached hydrogen (secondary N) is 1. The van der Waals surface area contributed by atoms with E-state index < -0.39 is 15.4 Å². The number of fused-ring (bicyclic) bond motifs is 2. The second-order valence-corrected chi connectivity index (χ2v) is 10.1. The van der Waals surface area contributed by atoms with E-state index in [1.165, 1.54) is 0 Å². The third-order valence-corrected chi connectivity index (χ3v) is 7.40. The van der Waals surface area contributed by atoms with Crippen LogP contribution in [-0.2, 0) is 22.8 Å². The van der Waals surface area contributed by atoms with E-state index in [0.717, 1.165) is 31.5 Å². The number of carbonyl (C=O) groups is 1. The fraction of sp³-hybridized carbons (Fsp3) is 0.526. The molecule has 1 N–H and O–H groups in total. The Morgan fingerprint density at radius 2 is 2.07 bits per heavy atom. The number of carbonyl (C=O) groups excluding carboxylic acids is 1. The Hall–Kier alpha value is -2.22. The number of nitrogens with zero attached hydrogens (tertiary/aromatic N) is 2. The normalized spacial score (nSPS) is 24.3. The van der Waals surface area contributed by atoms with Crippen LogP contribution in [0, 0.1) is 0 Å². The third kappa shape index (κ3) is 3.50. The molecule has 4 rings (SSSR count). The molecule has 144 valence electrons. The Morgan fingerprint density at radius 1 is 1.26 bits per heavy atom. The standard InChI is InChI=1S/C19H23N3O4S/c1-19(8-10-27(25,26)12-19)21-17(23)13-6-7-14-15(11-13)20-16-5-3-2-4-9-22(16)18(14)24/h6-7,11H,2-5,8-10,12H2,1H3,(H,21,23)/t19-/m0/s1. The average Bonchev–Trinajstić information content (AvgIpc) is 2.76. The lowest BCUT2D eigenvalue weighted by Gasteiger charge is -2.24. The molecule has 2 aromatic rings. The van der Waals surface area contributed by atoms with Crippen molar-refractivity contribution in [3.8, 4) is 0 Å². The fourth-order valence-corrected chi connectivity index (χ4v) is 6.11. The summed E-state index contributed by atoms with van der Waals surface area (Å²) in [7, 11) is -3.11. The van der Waals surface area contributed by atoms with Crippen LogP contribution in [0.15, 0.2) is 23.0 Å². The smallest absolute Gasteiger partial charge is 0.261 e. The molecule has 0 radical (unpaired) electrons. The number of rotatable bonds is 2. The highest BCUT2D eigenvalue weighted by Gasteiger charge is 2.39. The van der Waals surface area contributed by atoms with Crippen molar-refractivity contribution < 1.29 is 13.2 Å². The zero-order chi connectivity index (χ0) is 19.2. The quantitative estimate of drug-likeness (QED) is 0.838. The number of sulfone groups is 1. The molecule has 0 unspecified atom stereocenters. The average molecular weight is 389 g/mol. The van der Waals surface area contributed by atoms with Gasteiger partial charge in [-0.25, -0.2) is 13.4 Å². The predicted octanol–water partition coefficient (Wildman–Crippen LogP) is 1.43. The van der Waals surface area contributed by atoms with Crippen molar-refractivity contribution in [2.24, 2.45) is 0 Å². The second-order valence-electron chi connectivity index (χ2n) is 7.88. The maximum absolute atomic E-state index is 12.8. The van der Waals surface area contributed by atoms with Crippen molar-refractivity contribution in [2.75, 3.05) is 11.5 Å². The monoisotopic (exact) mass is 389 g/mol. The van der Waals surface area contributed by atoms with Crippen LogP contribution in [0.1, 0.15) is 48.8 Å². The molecule has 1 amide bonds. The summed E-state index contributed by atoms with van der Waals surface area (Å²) in [6.07, 6.45) is 4.22. The van der Waals surface area contributed by atoms with Crippen molar-refractivity contribution >= 4 is 26.6 Å². The first kappa shape index (κ1) is 18.2. The summed E-state index contributed by atoms with van der Waals surface area (Å²) < 4.78 is 25.2. The minimum atomic E-state index is -3.11. The summed E-state index contributed by atoms with van der Waals surface area (Å²) >= 11 is 0. The lowest BCUT2D eigenvalue weighted by atomic mass is 10.0. The van der Waals surface area contributed by atoms with E-state index in [2.05, 4.69) is 10.3 Å². The Kier molecular flexibility index (Phi) is 4.33. The van der Waals surface area contributed by atoms with Gasteiger partial charge < -0.3 is 5.32 Å². The molecule has 1 atom stereocenters. The van der Waals surface area contributed by atoms with Gasteiger partial charge in [0.25, 0.3) is 11.5 Å². The SMILES string of the molecule is C[C@]1(NC(=O)c2ccc3c(=O)n4c(nc3c2)CCCCC4)CCS(=O)(=O)C1. The molecule has 0 spiro atoms. The molecular weight excluding hydrogens is 366 g/mol. The Morgan fingerprint density at radius 3 is 2.81 bits per heavy atom. The van der Waals surface area contributed by atoms with Gasteiger partial charge in [0.1, 0.15) is 5.82 Å². The van der Waals surface area contributed by atoms with Gasteiger partial charge in [0.05, 0.1) is 27.9 Å². The van der Waals surface area contributed by atoms with Gasteiger partial charge in [0.2, 0.25) is 0 Å². The van der Waals surface area contributed by atoms with Crippen LogP contribution in [0.5, 0.6) is 0 Å². The molecule has 2 aliphatic rings. The van der Waals surface area contributed by atoms with Crippen molar-refractivity contribution in [1.29, 1.82) is 0 Å². The molecule has 2 aliphatic heterocycles. The molecule has 3 heterocycles. The van der Waals surface area contributed by atoms with Crippen LogP contribution < -0.4 is 10.9 Å². The second kappa shape index (κ2) is 6.44. The minimum Gasteiger partial charge on any atom is -0.346 e. The van der Waals surface area contributed by atoms with Gasteiger partial charge >= 0.3 is 0 Å². The van der Waals surface area contributed by atoms with Crippen LogP contribution in [0.4, 0.5) is 0 Å². The fourth-order valence-electron chi connectivity index (χ4n) is 4.01. The molecule has 0 saturated carbocycles. The lowest BCUT2D eigenvalue weighted by Crippen LogP contribution is -2.46. The zero-order valence-corrected chi connectivity index (χ0v) is 16.1. The van der Waals surface area contributed by atoms with Crippen molar-refractivity contribution in [3.05, 3.63) is 39.9 Å². The lowest BCUT2D eigenvalue weighted by molar-refractivity contribution is 0.0915. The van der Waals surface area contributed by atoms with Gasteiger partial charge in [-0.05, 0) is 44.4 Å². The Balaban J connectivity index is 1.67. The third-order valence-electron chi connectivity index (χ3n) is 5.50. The highest BCUT2D eigenvalue weighted by atomic mass is 32.2. The molecule has 27 heavy (non-hydrogen) atoms. The van der Waals surface area contributed by atoms with E-state index >= 15 is 0 Å². The molecule has 1 saturated heterocycles. The van der Waals surface area contributed by atoms with Crippen molar-refractivity contribution in [3.63, 3.8) is 0 Å². The summed E-state index contributed by atoms with van der Waals surface area (Å²) in [5.74, 6) is 0.475. The maximum Gasteiger partial charge on any atom is 0.261 e. The van der Waals surface area contributed by atoms with Crippen LogP contribution in [0.2, 0.25) is 0 Å². The molecule has 1 aromatic heterocycles. The van der Waals surface area contributed by atoms with Crippen LogP contribution >= 0.6 is 0 Å². The first-order valence-corrected chi connectivity index (χ1v) is 11.1. The van der Waals surface area contributed by atoms with Gasteiger partial charge in [0.15, 0.2) is 9.84 Å². The predicted molar refractivity (Wildman–Crippen MR) is 103 cm³/mol. The molecule has 8 heteroatoms. The summed E-state index contributed by atoms with van der Waals surface area (Å²) in [5.41, 5.74) is 0.0900. The van der Waals surface area contributed by atoms with E-state index in [0.29, 0.717) is 29.4 Å². The van der Waals surface area contributed by atoms with Gasteiger partial charge in [-0.1, -0.05) is 6.42 Å². The zero-order valence-electron chi connectivity index (χ0n) is 15.3. The summed E-state index contributed by atoms with van der Waals surface area (Å²) in [5, 5.41) is 3.36. The largest absolute Gasteiger partial charge is 0.346 e. The van der Waals surface area contributed by atoms with Gasteiger partial charge in [0, 0.05) is 18.5 Å². The van der Waals surface area contributed by atoms with Crippen molar-refractivity contribution in [2.45, 2.75) is 51.1 Å². The van der Waals surface area contributed by atoms with Crippen LogP contribution in [0.3, 0.4) is 0 Å². The first-order valence-electron chi connectivity index (χ1n) is 9.33. The molecule has 0 bridgehead atoms. The highest BCUT2D eigenvalue weighted by molar-refractivity contribution is 7.91. The molecule has 1 fully saturated rings. The van der Waals surface area contributed by atoms with E-state index in [4.69, 9.17) is 0 Å². The molecule has 7 nitrogen and oxygen atoms in total. The number of hydrogen-bond donors (Lipinski definition) is 1.